The first kappa shape index (κ1) is 26.5. The maximum absolute atomic E-state index is 13.6. The van der Waals surface area contributed by atoms with Crippen LogP contribution in [-0.2, 0) is 14.3 Å². The van der Waals surface area contributed by atoms with E-state index in [9.17, 15) is 9.59 Å². The highest BCUT2D eigenvalue weighted by Crippen LogP contribution is 2.48. The van der Waals surface area contributed by atoms with Crippen LogP contribution in [0.3, 0.4) is 0 Å². The van der Waals surface area contributed by atoms with Crippen molar-refractivity contribution >= 4 is 11.8 Å². The van der Waals surface area contributed by atoms with Gasteiger partial charge in [-0.15, -0.1) is 0 Å². The number of allylic oxidation sites excluding steroid dienone is 3. The molecule has 2 aromatic carbocycles. The summed E-state index contributed by atoms with van der Waals surface area (Å²) < 4.78 is 17.5. The van der Waals surface area contributed by atoms with Crippen molar-refractivity contribution in [3.05, 3.63) is 82.7 Å². The highest BCUT2D eigenvalue weighted by molar-refractivity contribution is 6.04. The molecule has 6 nitrogen and oxygen atoms in total. The van der Waals surface area contributed by atoms with Gasteiger partial charge in [-0.05, 0) is 43.4 Å². The van der Waals surface area contributed by atoms with Crippen molar-refractivity contribution in [3.63, 3.8) is 0 Å². The summed E-state index contributed by atoms with van der Waals surface area (Å²) in [6.07, 6.45) is 3.09. The van der Waals surface area contributed by atoms with Crippen LogP contribution < -0.4 is 14.8 Å². The Hall–Kier alpha value is -3.54. The number of esters is 1. The number of hydrogen-bond donors (Lipinski definition) is 1. The molecule has 0 fully saturated rings. The van der Waals surface area contributed by atoms with E-state index < -0.39 is 11.9 Å². The summed E-state index contributed by atoms with van der Waals surface area (Å²) in [7, 11) is 0. The Morgan fingerprint density at radius 3 is 2.46 bits per heavy atom. The molecule has 1 heterocycles. The molecule has 0 aromatic heterocycles. The van der Waals surface area contributed by atoms with Crippen molar-refractivity contribution in [2.24, 2.45) is 5.41 Å². The Balaban J connectivity index is 1.64. The number of para-hydroxylation sites is 2. The molecule has 0 unspecified atom stereocenters. The van der Waals surface area contributed by atoms with Gasteiger partial charge in [-0.3, -0.25) is 4.79 Å². The predicted octanol–water partition coefficient (Wildman–Crippen LogP) is 6.09. The zero-order chi connectivity index (χ0) is 26.4. The van der Waals surface area contributed by atoms with Gasteiger partial charge < -0.3 is 19.5 Å². The first-order chi connectivity index (χ1) is 17.8. The lowest BCUT2D eigenvalue weighted by Gasteiger charge is -2.39. The van der Waals surface area contributed by atoms with Gasteiger partial charge in [0.1, 0.15) is 24.7 Å². The van der Waals surface area contributed by atoms with Crippen LogP contribution in [0.1, 0.15) is 64.9 Å². The molecular formula is C31H37NO5. The topological polar surface area (TPSA) is 73.9 Å². The maximum atomic E-state index is 13.6. The van der Waals surface area contributed by atoms with E-state index in [2.05, 4.69) is 26.1 Å². The van der Waals surface area contributed by atoms with Gasteiger partial charge in [-0.2, -0.15) is 0 Å². The lowest BCUT2D eigenvalue weighted by atomic mass is 9.68. The summed E-state index contributed by atoms with van der Waals surface area (Å²) in [5.41, 5.74) is 3.33. The third kappa shape index (κ3) is 6.24. The first-order valence-corrected chi connectivity index (χ1v) is 13.1. The average Bonchev–Trinajstić information content (AvgIpc) is 2.86. The van der Waals surface area contributed by atoms with E-state index in [-0.39, 0.29) is 24.4 Å². The number of benzene rings is 2. The van der Waals surface area contributed by atoms with E-state index in [1.54, 1.807) is 0 Å². The Labute approximate surface area is 219 Å². The van der Waals surface area contributed by atoms with Crippen LogP contribution in [0.15, 0.2) is 77.1 Å². The van der Waals surface area contributed by atoms with Gasteiger partial charge in [0, 0.05) is 29.0 Å². The van der Waals surface area contributed by atoms with Crippen LogP contribution >= 0.6 is 0 Å². The zero-order valence-electron chi connectivity index (χ0n) is 22.3. The number of Topliss-reactive ketones (excluding diaryl/α,β-unsaturated/α-hetero) is 1. The zero-order valence-corrected chi connectivity index (χ0v) is 22.3. The van der Waals surface area contributed by atoms with Gasteiger partial charge in [0.05, 0.1) is 18.1 Å². The lowest BCUT2D eigenvalue weighted by molar-refractivity contribution is -0.140. The molecule has 0 amide bonds. The molecular weight excluding hydrogens is 466 g/mol. The summed E-state index contributed by atoms with van der Waals surface area (Å²) >= 11 is 0. The molecule has 1 atom stereocenters. The number of unbranched alkanes of at least 4 members (excludes halogenated alkanes) is 1. The second-order valence-corrected chi connectivity index (χ2v) is 10.5. The van der Waals surface area contributed by atoms with E-state index in [0.717, 1.165) is 36.3 Å². The van der Waals surface area contributed by atoms with Crippen LogP contribution in [0.2, 0.25) is 0 Å². The fourth-order valence-electron chi connectivity index (χ4n) is 5.08. The van der Waals surface area contributed by atoms with Gasteiger partial charge in [0.15, 0.2) is 5.78 Å². The standard InChI is InChI=1S/C31H37NO5/c1-5-6-16-36-26-15-11-10-14-23(26)28-27(30(34)37-18-17-35-22-12-8-7-9-13-22)21(2)32-24-19-31(3,4)20-25(33)29(24)28/h7-15,28,32H,5-6,16-20H2,1-4H3/t28-/m0/s1. The third-order valence-corrected chi connectivity index (χ3v) is 6.77. The van der Waals surface area contributed by atoms with Crippen molar-refractivity contribution in [1.82, 2.24) is 5.32 Å². The molecule has 0 saturated heterocycles. The van der Waals surface area contributed by atoms with Crippen LogP contribution in [0, 0.1) is 5.41 Å². The second kappa shape index (κ2) is 11.7. The Morgan fingerprint density at radius 1 is 0.973 bits per heavy atom. The number of carbonyl (C=O) groups is 2. The van der Waals surface area contributed by atoms with Crippen LogP contribution in [0.25, 0.3) is 0 Å². The molecule has 1 N–H and O–H groups in total. The smallest absolute Gasteiger partial charge is 0.336 e. The molecule has 2 aliphatic rings. The molecule has 6 heteroatoms. The van der Waals surface area contributed by atoms with Crippen molar-refractivity contribution in [1.29, 1.82) is 0 Å². The Bertz CT molecular complexity index is 1200. The quantitative estimate of drug-likeness (QED) is 0.312. The summed E-state index contributed by atoms with van der Waals surface area (Å²) in [6.45, 7) is 9.09. The third-order valence-electron chi connectivity index (χ3n) is 6.77. The SMILES string of the molecule is CCCCOc1ccccc1[C@H]1C(C(=O)OCCOc2ccccc2)=C(C)NC2=C1C(=O)CC(C)(C)C2. The van der Waals surface area contributed by atoms with Gasteiger partial charge in [-0.1, -0.05) is 63.6 Å². The minimum Gasteiger partial charge on any atom is -0.493 e. The molecule has 0 saturated carbocycles. The van der Waals surface area contributed by atoms with Gasteiger partial charge in [0.2, 0.25) is 0 Å². The van der Waals surface area contributed by atoms with E-state index >= 15 is 0 Å². The van der Waals surface area contributed by atoms with Crippen molar-refractivity contribution in [2.75, 3.05) is 19.8 Å². The maximum Gasteiger partial charge on any atom is 0.336 e. The summed E-state index contributed by atoms with van der Waals surface area (Å²) in [5, 5.41) is 3.39. The van der Waals surface area contributed by atoms with Crippen LogP contribution in [0.4, 0.5) is 0 Å². The molecule has 1 aliphatic carbocycles. The number of nitrogens with one attached hydrogen (secondary N) is 1. The fraction of sp³-hybridized carbons (Fsp3) is 0.419. The number of ether oxygens (including phenoxy) is 3. The molecule has 37 heavy (non-hydrogen) atoms. The van der Waals surface area contributed by atoms with Crippen LogP contribution in [0.5, 0.6) is 11.5 Å². The molecule has 0 radical (unpaired) electrons. The first-order valence-electron chi connectivity index (χ1n) is 13.1. The molecule has 0 bridgehead atoms. The van der Waals surface area contributed by atoms with E-state index in [1.807, 2.05) is 61.5 Å². The van der Waals surface area contributed by atoms with Gasteiger partial charge in [0.25, 0.3) is 0 Å². The largest absolute Gasteiger partial charge is 0.493 e. The summed E-state index contributed by atoms with van der Waals surface area (Å²) in [5.74, 6) is 0.448. The minimum atomic E-state index is -0.555. The normalized spacial score (nSPS) is 18.7. The van der Waals surface area contributed by atoms with Crippen molar-refractivity contribution in [3.8, 4) is 11.5 Å². The minimum absolute atomic E-state index is 0.0531. The average molecular weight is 504 g/mol. The number of ketones is 1. The highest BCUT2D eigenvalue weighted by atomic mass is 16.6. The fourth-order valence-corrected chi connectivity index (χ4v) is 5.08. The van der Waals surface area contributed by atoms with Gasteiger partial charge in [-0.25, -0.2) is 4.79 Å². The number of carbonyl (C=O) groups excluding carboxylic acids is 2. The van der Waals surface area contributed by atoms with Crippen molar-refractivity contribution in [2.45, 2.75) is 59.3 Å². The molecule has 1 aliphatic heterocycles. The molecule has 0 spiro atoms. The molecule has 4 rings (SSSR count). The molecule has 2 aromatic rings. The van der Waals surface area contributed by atoms with Crippen LogP contribution in [-0.4, -0.2) is 31.6 Å². The Kier molecular flexibility index (Phi) is 8.37. The number of rotatable bonds is 10. The van der Waals surface area contributed by atoms with E-state index in [0.29, 0.717) is 35.6 Å². The monoisotopic (exact) mass is 503 g/mol. The summed E-state index contributed by atoms with van der Waals surface area (Å²) in [6, 6.07) is 17.1. The predicted molar refractivity (Wildman–Crippen MR) is 143 cm³/mol. The number of dihydropyridines is 1. The van der Waals surface area contributed by atoms with E-state index in [1.165, 1.54) is 0 Å². The van der Waals surface area contributed by atoms with E-state index in [4.69, 9.17) is 14.2 Å². The number of hydrogen-bond acceptors (Lipinski definition) is 6. The van der Waals surface area contributed by atoms with Crippen molar-refractivity contribution < 1.29 is 23.8 Å². The van der Waals surface area contributed by atoms with Gasteiger partial charge >= 0.3 is 5.97 Å². The lowest BCUT2D eigenvalue weighted by Crippen LogP contribution is -2.39. The highest BCUT2D eigenvalue weighted by Gasteiger charge is 2.44. The second-order valence-electron chi connectivity index (χ2n) is 10.5. The Morgan fingerprint density at radius 2 is 1.70 bits per heavy atom. The summed E-state index contributed by atoms with van der Waals surface area (Å²) in [4.78, 5) is 27.1. The molecule has 196 valence electrons.